The summed E-state index contributed by atoms with van der Waals surface area (Å²) >= 11 is 0. The molecule has 1 atom stereocenters. The Morgan fingerprint density at radius 2 is 2.00 bits per heavy atom. The van der Waals surface area contributed by atoms with Crippen molar-refractivity contribution in [3.05, 3.63) is 0 Å². The largest absolute Gasteiger partial charge is 0.480 e. The third kappa shape index (κ3) is 1.48. The highest BCUT2D eigenvalue weighted by Crippen LogP contribution is 2.40. The van der Waals surface area contributed by atoms with Crippen LogP contribution in [-0.2, 0) is 4.79 Å². The maximum atomic E-state index is 12.5. The Balaban J connectivity index is 2.73. The summed E-state index contributed by atoms with van der Waals surface area (Å²) in [7, 11) is 0. The highest BCUT2D eigenvalue weighted by Gasteiger charge is 2.51. The van der Waals surface area contributed by atoms with Crippen molar-refractivity contribution >= 4 is 5.97 Å². The predicted octanol–water partition coefficient (Wildman–Crippen LogP) is 0.588. The van der Waals surface area contributed by atoms with Gasteiger partial charge in [0.2, 0.25) is 0 Å². The monoisotopic (exact) mass is 165 g/mol. The molecule has 0 amide bonds. The number of alkyl halides is 2. The third-order valence-electron chi connectivity index (χ3n) is 1.94. The summed E-state index contributed by atoms with van der Waals surface area (Å²) in [4.78, 5) is 10.4. The van der Waals surface area contributed by atoms with Crippen LogP contribution in [0.25, 0.3) is 0 Å². The Bertz CT molecular complexity index is 195. The van der Waals surface area contributed by atoms with E-state index in [2.05, 4.69) is 0 Å². The zero-order valence-electron chi connectivity index (χ0n) is 5.81. The maximum absolute atomic E-state index is 12.5. The molecule has 0 aliphatic heterocycles. The summed E-state index contributed by atoms with van der Waals surface area (Å²) in [5.41, 5.74) is 3.49. The number of nitrogens with two attached hydrogens (primary N) is 1. The van der Waals surface area contributed by atoms with Crippen molar-refractivity contribution in [2.45, 2.75) is 30.7 Å². The summed E-state index contributed by atoms with van der Waals surface area (Å²) in [6, 6.07) is 0. The van der Waals surface area contributed by atoms with Gasteiger partial charge in [0.25, 0.3) is 5.92 Å². The van der Waals surface area contributed by atoms with Gasteiger partial charge in [0, 0.05) is 12.8 Å². The molecule has 0 aromatic rings. The fourth-order valence-electron chi connectivity index (χ4n) is 1.23. The fourth-order valence-corrected chi connectivity index (χ4v) is 1.23. The van der Waals surface area contributed by atoms with Crippen molar-refractivity contribution in [3.63, 3.8) is 0 Å². The molecule has 1 fully saturated rings. The highest BCUT2D eigenvalue weighted by atomic mass is 19.3. The molecule has 0 heterocycles. The average Bonchev–Trinajstić information content (AvgIpc) is 2.08. The molecule has 1 unspecified atom stereocenters. The molecule has 0 aromatic carbocycles. The molecular weight excluding hydrogens is 156 g/mol. The second-order valence-corrected chi connectivity index (χ2v) is 2.99. The lowest BCUT2D eigenvalue weighted by atomic mass is 10.00. The van der Waals surface area contributed by atoms with Gasteiger partial charge < -0.3 is 10.8 Å². The molecule has 0 bridgehead atoms. The van der Waals surface area contributed by atoms with Crippen LogP contribution in [0, 0.1) is 0 Å². The molecule has 1 aliphatic rings. The van der Waals surface area contributed by atoms with Gasteiger partial charge >= 0.3 is 5.97 Å². The minimum absolute atomic E-state index is 0.144. The standard InChI is InChI=1S/C6H9F2NO2/c7-6(8)2-1-5(9,3-6)4(10)11/h1-3,9H2,(H,10,11). The highest BCUT2D eigenvalue weighted by molar-refractivity contribution is 5.79. The molecule has 3 N–H and O–H groups in total. The van der Waals surface area contributed by atoms with Crippen molar-refractivity contribution in [3.8, 4) is 0 Å². The molecule has 1 aliphatic carbocycles. The van der Waals surface area contributed by atoms with E-state index in [1.54, 1.807) is 0 Å². The van der Waals surface area contributed by atoms with Crippen molar-refractivity contribution < 1.29 is 18.7 Å². The molecule has 0 aromatic heterocycles. The van der Waals surface area contributed by atoms with E-state index in [1.807, 2.05) is 0 Å². The van der Waals surface area contributed by atoms with Crippen molar-refractivity contribution in [1.29, 1.82) is 0 Å². The van der Waals surface area contributed by atoms with Gasteiger partial charge in [0.1, 0.15) is 5.54 Å². The summed E-state index contributed by atoms with van der Waals surface area (Å²) < 4.78 is 24.9. The zero-order valence-corrected chi connectivity index (χ0v) is 5.81. The molecule has 0 radical (unpaired) electrons. The van der Waals surface area contributed by atoms with Crippen molar-refractivity contribution in [1.82, 2.24) is 0 Å². The summed E-state index contributed by atoms with van der Waals surface area (Å²) in [6.45, 7) is 0. The van der Waals surface area contributed by atoms with E-state index < -0.39 is 30.3 Å². The lowest BCUT2D eigenvalue weighted by Gasteiger charge is -2.17. The van der Waals surface area contributed by atoms with E-state index in [0.29, 0.717) is 0 Å². The maximum Gasteiger partial charge on any atom is 0.323 e. The lowest BCUT2D eigenvalue weighted by molar-refractivity contribution is -0.144. The predicted molar refractivity (Wildman–Crippen MR) is 33.4 cm³/mol. The number of hydrogen-bond acceptors (Lipinski definition) is 2. The molecule has 3 nitrogen and oxygen atoms in total. The summed E-state index contributed by atoms with van der Waals surface area (Å²) in [5, 5.41) is 8.45. The van der Waals surface area contributed by atoms with Gasteiger partial charge in [0.05, 0.1) is 0 Å². The molecule has 11 heavy (non-hydrogen) atoms. The number of carboxylic acid groups (broad SMARTS) is 1. The molecule has 1 saturated carbocycles. The van der Waals surface area contributed by atoms with Gasteiger partial charge in [-0.15, -0.1) is 0 Å². The summed E-state index contributed by atoms with van der Waals surface area (Å²) in [6.07, 6.45) is -1.31. The lowest BCUT2D eigenvalue weighted by Crippen LogP contribution is -2.46. The van der Waals surface area contributed by atoms with Crippen LogP contribution < -0.4 is 5.73 Å². The Kier molecular flexibility index (Phi) is 1.63. The Labute approximate surface area is 62.2 Å². The van der Waals surface area contributed by atoms with E-state index in [0.717, 1.165) is 0 Å². The smallest absolute Gasteiger partial charge is 0.323 e. The van der Waals surface area contributed by atoms with E-state index in [-0.39, 0.29) is 6.42 Å². The van der Waals surface area contributed by atoms with Crippen LogP contribution in [0.1, 0.15) is 19.3 Å². The Morgan fingerprint density at radius 1 is 1.45 bits per heavy atom. The SMILES string of the molecule is NC1(C(=O)O)CCC(F)(F)C1. The quantitative estimate of drug-likeness (QED) is 0.597. The van der Waals surface area contributed by atoms with Crippen LogP contribution in [0.4, 0.5) is 8.78 Å². The number of aliphatic carboxylic acids is 1. The minimum Gasteiger partial charge on any atom is -0.480 e. The normalized spacial score (nSPS) is 35.5. The first-order valence-corrected chi connectivity index (χ1v) is 3.26. The number of halogens is 2. The first-order valence-electron chi connectivity index (χ1n) is 3.26. The molecule has 0 saturated heterocycles. The van der Waals surface area contributed by atoms with Gasteiger partial charge in [-0.2, -0.15) is 0 Å². The van der Waals surface area contributed by atoms with Crippen LogP contribution in [0.3, 0.4) is 0 Å². The fraction of sp³-hybridized carbons (Fsp3) is 0.833. The first-order chi connectivity index (χ1) is 4.86. The van der Waals surface area contributed by atoms with Gasteiger partial charge in [-0.3, -0.25) is 4.79 Å². The van der Waals surface area contributed by atoms with E-state index in [9.17, 15) is 13.6 Å². The zero-order chi connectivity index (χ0) is 8.70. The number of carboxylic acids is 1. The van der Waals surface area contributed by atoms with Crippen LogP contribution in [0.15, 0.2) is 0 Å². The Hall–Kier alpha value is -0.710. The van der Waals surface area contributed by atoms with Crippen LogP contribution >= 0.6 is 0 Å². The first kappa shape index (κ1) is 8.39. The minimum atomic E-state index is -2.90. The van der Waals surface area contributed by atoms with Gasteiger partial charge in [-0.1, -0.05) is 0 Å². The molecule has 64 valence electrons. The van der Waals surface area contributed by atoms with Crippen molar-refractivity contribution in [2.24, 2.45) is 5.73 Å². The van der Waals surface area contributed by atoms with E-state index >= 15 is 0 Å². The molecule has 1 rings (SSSR count). The Morgan fingerprint density at radius 3 is 2.18 bits per heavy atom. The number of hydrogen-bond donors (Lipinski definition) is 2. The van der Waals surface area contributed by atoms with Crippen LogP contribution in [-0.4, -0.2) is 22.5 Å². The van der Waals surface area contributed by atoms with Gasteiger partial charge in [-0.05, 0) is 6.42 Å². The number of carbonyl (C=O) groups is 1. The van der Waals surface area contributed by atoms with Gasteiger partial charge in [0.15, 0.2) is 0 Å². The molecule has 5 heteroatoms. The van der Waals surface area contributed by atoms with Crippen LogP contribution in [0.2, 0.25) is 0 Å². The molecular formula is C6H9F2NO2. The van der Waals surface area contributed by atoms with Crippen LogP contribution in [0.5, 0.6) is 0 Å². The number of rotatable bonds is 1. The second kappa shape index (κ2) is 2.14. The van der Waals surface area contributed by atoms with Crippen molar-refractivity contribution in [2.75, 3.05) is 0 Å². The summed E-state index contributed by atoms with van der Waals surface area (Å²) in [5.74, 6) is -4.23. The average molecular weight is 165 g/mol. The van der Waals surface area contributed by atoms with Gasteiger partial charge in [-0.25, -0.2) is 8.78 Å². The topological polar surface area (TPSA) is 63.3 Å². The second-order valence-electron chi connectivity index (χ2n) is 2.99. The molecule has 0 spiro atoms. The van der Waals surface area contributed by atoms with E-state index in [1.165, 1.54) is 0 Å². The third-order valence-corrected chi connectivity index (χ3v) is 1.94. The van der Waals surface area contributed by atoms with E-state index in [4.69, 9.17) is 10.8 Å².